The van der Waals surface area contributed by atoms with E-state index in [0.29, 0.717) is 5.54 Å². The van der Waals surface area contributed by atoms with E-state index in [1.807, 2.05) is 0 Å². The summed E-state index contributed by atoms with van der Waals surface area (Å²) < 4.78 is 19.6. The second-order valence-corrected chi connectivity index (χ2v) is 1.95. The topological polar surface area (TPSA) is 63.9 Å². The summed E-state index contributed by atoms with van der Waals surface area (Å²) in [7, 11) is 0. The van der Waals surface area contributed by atoms with Crippen molar-refractivity contribution in [2.45, 2.75) is 0 Å². The van der Waals surface area contributed by atoms with Crippen LogP contribution in [0.2, 0.25) is 0 Å². The van der Waals surface area contributed by atoms with E-state index in [1.165, 1.54) is 6.07 Å². The van der Waals surface area contributed by atoms with E-state index in [0.717, 1.165) is 0 Å². The zero-order valence-corrected chi connectivity index (χ0v) is 5.20. The molecule has 1 unspecified atom stereocenters. The highest BCUT2D eigenvalue weighted by atomic mass is 35.5. The minimum Gasteiger partial charge on any atom is -0.768 e. The van der Waals surface area contributed by atoms with Crippen molar-refractivity contribution in [1.29, 1.82) is 5.26 Å². The Labute approximate surface area is 53.9 Å². The molecule has 0 rings (SSSR count). The zero-order chi connectivity index (χ0) is 6.57. The largest absolute Gasteiger partial charge is 0.768 e. The molecule has 0 heterocycles. The van der Waals surface area contributed by atoms with Gasteiger partial charge in [-0.1, -0.05) is 11.6 Å². The number of nitrogens with zero attached hydrogens (tertiary/aromatic N) is 1. The summed E-state index contributed by atoms with van der Waals surface area (Å²) >= 11 is 2.40. The van der Waals surface area contributed by atoms with Crippen molar-refractivity contribution in [3.8, 4) is 6.07 Å². The predicted molar refractivity (Wildman–Crippen MR) is 28.5 cm³/mol. The third-order valence-electron chi connectivity index (χ3n) is 0.389. The molecule has 0 aromatic carbocycles. The van der Waals surface area contributed by atoms with Crippen LogP contribution >= 0.6 is 11.6 Å². The molecule has 44 valence electrons. The van der Waals surface area contributed by atoms with Gasteiger partial charge in [-0.2, -0.15) is 5.26 Å². The second kappa shape index (κ2) is 3.61. The van der Waals surface area contributed by atoms with Gasteiger partial charge in [0, 0.05) is 5.54 Å². The van der Waals surface area contributed by atoms with Crippen LogP contribution in [0.25, 0.3) is 0 Å². The summed E-state index contributed by atoms with van der Waals surface area (Å²) in [6, 6.07) is 1.37. The number of hydrogen-bond donors (Lipinski definition) is 0. The first-order valence-electron chi connectivity index (χ1n) is 1.52. The van der Waals surface area contributed by atoms with Gasteiger partial charge in [0.15, 0.2) is 0 Å². The maximum atomic E-state index is 9.79. The Hall–Kier alpha value is -0.370. The van der Waals surface area contributed by atoms with Crippen molar-refractivity contribution in [2.24, 2.45) is 0 Å². The first-order chi connectivity index (χ1) is 3.72. The standard InChI is InChI=1S/C3H2ClNO2S/c4-1-3(2-5)8(6)7/h1H,(H,6,7)/p-1. The van der Waals surface area contributed by atoms with Crippen LogP contribution in [0.3, 0.4) is 0 Å². The lowest BCUT2D eigenvalue weighted by Crippen LogP contribution is -1.87. The molecular formula is C3HClNO2S-. The summed E-state index contributed by atoms with van der Waals surface area (Å²) in [6.07, 6.45) is 0. The Balaban J connectivity index is 4.20. The highest BCUT2D eigenvalue weighted by Gasteiger charge is 1.89. The molecule has 0 aliphatic rings. The molecule has 5 heteroatoms. The number of nitriles is 1. The Bertz CT molecular complexity index is 171. The highest BCUT2D eigenvalue weighted by molar-refractivity contribution is 7.83. The summed E-state index contributed by atoms with van der Waals surface area (Å²) in [5.41, 5.74) is 0.711. The van der Waals surface area contributed by atoms with Crippen LogP contribution in [0.5, 0.6) is 0 Å². The van der Waals surface area contributed by atoms with Crippen molar-refractivity contribution in [3.05, 3.63) is 10.4 Å². The van der Waals surface area contributed by atoms with Crippen molar-refractivity contribution in [1.82, 2.24) is 0 Å². The van der Waals surface area contributed by atoms with Crippen LogP contribution < -0.4 is 0 Å². The summed E-state index contributed by atoms with van der Waals surface area (Å²) in [6.45, 7) is 0. The molecule has 0 bridgehead atoms. The summed E-state index contributed by atoms with van der Waals surface area (Å²) in [4.78, 5) is -0.452. The minimum absolute atomic E-state index is 0.452. The molecule has 8 heavy (non-hydrogen) atoms. The Morgan fingerprint density at radius 2 is 2.50 bits per heavy atom. The van der Waals surface area contributed by atoms with Crippen LogP contribution in [-0.2, 0) is 11.1 Å². The normalized spacial score (nSPS) is 14.9. The molecule has 0 fully saturated rings. The van der Waals surface area contributed by atoms with Gasteiger partial charge in [0.25, 0.3) is 0 Å². The second-order valence-electron chi connectivity index (χ2n) is 0.820. The van der Waals surface area contributed by atoms with Crippen molar-refractivity contribution in [3.63, 3.8) is 0 Å². The van der Waals surface area contributed by atoms with E-state index in [9.17, 15) is 8.76 Å². The third kappa shape index (κ3) is 2.07. The molecule has 3 nitrogen and oxygen atoms in total. The van der Waals surface area contributed by atoms with Crippen LogP contribution in [-0.4, -0.2) is 8.76 Å². The van der Waals surface area contributed by atoms with Gasteiger partial charge < -0.3 is 4.55 Å². The number of rotatable bonds is 1. The first-order valence-corrected chi connectivity index (χ1v) is 3.03. The van der Waals surface area contributed by atoms with E-state index in [-0.39, 0.29) is 0 Å². The molecule has 0 aromatic heterocycles. The van der Waals surface area contributed by atoms with Gasteiger partial charge in [-0.25, -0.2) is 0 Å². The third-order valence-corrected chi connectivity index (χ3v) is 1.30. The minimum atomic E-state index is -2.49. The lowest BCUT2D eigenvalue weighted by molar-refractivity contribution is 0.545. The predicted octanol–water partition coefficient (Wildman–Crippen LogP) is 0.469. The highest BCUT2D eigenvalue weighted by Crippen LogP contribution is 1.97. The number of allylic oxidation sites excluding steroid dienone is 1. The molecule has 0 amide bonds. The molecule has 0 N–H and O–H groups in total. The Morgan fingerprint density at radius 3 is 2.50 bits per heavy atom. The van der Waals surface area contributed by atoms with Crippen LogP contribution in [0, 0.1) is 11.3 Å². The summed E-state index contributed by atoms with van der Waals surface area (Å²) in [5, 5.41) is 7.90. The fraction of sp³-hybridized carbons (Fsp3) is 0. The maximum absolute atomic E-state index is 9.79. The van der Waals surface area contributed by atoms with Crippen LogP contribution in [0.15, 0.2) is 10.4 Å². The molecule has 0 radical (unpaired) electrons. The first kappa shape index (κ1) is 7.63. The molecule has 0 aromatic rings. The number of halogens is 1. The smallest absolute Gasteiger partial charge is 0.113 e. The Kier molecular flexibility index (Phi) is 3.44. The quantitative estimate of drug-likeness (QED) is 0.403. The van der Waals surface area contributed by atoms with Gasteiger partial charge in [-0.05, 0) is 11.1 Å². The maximum Gasteiger partial charge on any atom is 0.113 e. The molecule has 0 saturated carbocycles. The van der Waals surface area contributed by atoms with Crippen LogP contribution in [0.4, 0.5) is 0 Å². The molecule has 0 aliphatic carbocycles. The molecule has 0 aliphatic heterocycles. The monoisotopic (exact) mass is 150 g/mol. The van der Waals surface area contributed by atoms with E-state index >= 15 is 0 Å². The van der Waals surface area contributed by atoms with Crippen LogP contribution in [0.1, 0.15) is 0 Å². The number of hydrogen-bond acceptors (Lipinski definition) is 3. The van der Waals surface area contributed by atoms with Gasteiger partial charge in [0.05, 0.1) is 0 Å². The van der Waals surface area contributed by atoms with Gasteiger partial charge in [0.1, 0.15) is 11.0 Å². The average molecular weight is 151 g/mol. The molecule has 1 atom stereocenters. The SMILES string of the molecule is N#CC(=CCl)S(=O)[O-]. The van der Waals surface area contributed by atoms with E-state index in [1.54, 1.807) is 0 Å². The average Bonchev–Trinajstić information content (AvgIpc) is 1.69. The van der Waals surface area contributed by atoms with E-state index in [4.69, 9.17) is 16.9 Å². The van der Waals surface area contributed by atoms with Crippen molar-refractivity contribution < 1.29 is 8.76 Å². The van der Waals surface area contributed by atoms with E-state index < -0.39 is 16.0 Å². The Morgan fingerprint density at radius 1 is 2.00 bits per heavy atom. The van der Waals surface area contributed by atoms with Crippen molar-refractivity contribution >= 4 is 22.7 Å². The van der Waals surface area contributed by atoms with Gasteiger partial charge in [0.2, 0.25) is 0 Å². The summed E-state index contributed by atoms with van der Waals surface area (Å²) in [5.74, 6) is 0. The molecular weight excluding hydrogens is 150 g/mol. The van der Waals surface area contributed by atoms with E-state index in [2.05, 4.69) is 0 Å². The van der Waals surface area contributed by atoms with Crippen molar-refractivity contribution in [2.75, 3.05) is 0 Å². The lowest BCUT2D eigenvalue weighted by atomic mass is 10.7. The zero-order valence-electron chi connectivity index (χ0n) is 3.63. The fourth-order valence-corrected chi connectivity index (χ4v) is 0.512. The lowest BCUT2D eigenvalue weighted by Gasteiger charge is -1.97. The van der Waals surface area contributed by atoms with Gasteiger partial charge in [-0.15, -0.1) is 0 Å². The fourth-order valence-electron chi connectivity index (χ4n) is 0.0980. The molecule has 0 spiro atoms. The van der Waals surface area contributed by atoms with Gasteiger partial charge >= 0.3 is 0 Å². The van der Waals surface area contributed by atoms with Gasteiger partial charge in [-0.3, -0.25) is 4.21 Å². The molecule has 0 saturated heterocycles.